The number of methoxy groups -OCH3 is 1. The van der Waals surface area contributed by atoms with Crippen LogP contribution in [0, 0.1) is 6.92 Å². The number of nitrogens with one attached hydrogen (secondary N) is 3. The van der Waals surface area contributed by atoms with E-state index in [4.69, 9.17) is 21.3 Å². The van der Waals surface area contributed by atoms with Gasteiger partial charge in [0.25, 0.3) is 5.56 Å². The van der Waals surface area contributed by atoms with Gasteiger partial charge in [0.15, 0.2) is 0 Å². The Balaban J connectivity index is 1.28. The van der Waals surface area contributed by atoms with Gasteiger partial charge in [-0.3, -0.25) is 14.6 Å². The normalized spacial score (nSPS) is 14.5. The second kappa shape index (κ2) is 12.4. The summed E-state index contributed by atoms with van der Waals surface area (Å²) in [7, 11) is 3.17. The number of nitrogens with zero attached hydrogens (tertiary/aromatic N) is 5. The molecule has 12 heteroatoms. The number of hydrogen-bond acceptors (Lipinski definition) is 9. The third-order valence-electron chi connectivity index (χ3n) is 7.79. The molecule has 0 unspecified atom stereocenters. The predicted octanol–water partition coefficient (Wildman–Crippen LogP) is 4.53. The van der Waals surface area contributed by atoms with Crippen LogP contribution in [0.5, 0.6) is 5.88 Å². The maximum absolute atomic E-state index is 12.9. The molecule has 3 aromatic heterocycles. The van der Waals surface area contributed by atoms with E-state index >= 15 is 0 Å². The van der Waals surface area contributed by atoms with Gasteiger partial charge in [0.05, 0.1) is 35.6 Å². The van der Waals surface area contributed by atoms with Crippen molar-refractivity contribution >= 4 is 39.8 Å². The van der Waals surface area contributed by atoms with E-state index in [9.17, 15) is 9.59 Å². The molecule has 0 spiro atoms. The zero-order chi connectivity index (χ0) is 30.8. The van der Waals surface area contributed by atoms with Crippen LogP contribution >= 0.6 is 11.6 Å². The Morgan fingerprint density at radius 3 is 2.66 bits per heavy atom. The van der Waals surface area contributed by atoms with Crippen LogP contribution in [0.4, 0.5) is 11.5 Å². The van der Waals surface area contributed by atoms with Gasteiger partial charge in [-0.1, -0.05) is 41.9 Å². The lowest BCUT2D eigenvalue weighted by Gasteiger charge is -2.17. The number of carbonyl (C=O) groups excluding carboxylic acids is 1. The van der Waals surface area contributed by atoms with Crippen LogP contribution < -0.4 is 26.2 Å². The van der Waals surface area contributed by atoms with Crippen molar-refractivity contribution in [2.45, 2.75) is 32.4 Å². The topological polar surface area (TPSA) is 136 Å². The molecule has 5 aromatic rings. The second-order valence-corrected chi connectivity index (χ2v) is 11.0. The van der Waals surface area contributed by atoms with Crippen molar-refractivity contribution in [3.63, 3.8) is 0 Å². The predicted molar refractivity (Wildman–Crippen MR) is 170 cm³/mol. The molecule has 4 heterocycles. The Kier molecular flexibility index (Phi) is 8.23. The Morgan fingerprint density at radius 1 is 1.07 bits per heavy atom. The Hall–Kier alpha value is -4.87. The molecule has 2 aromatic carbocycles. The highest BCUT2D eigenvalue weighted by Crippen LogP contribution is 2.39. The minimum atomic E-state index is -0.233. The maximum atomic E-state index is 12.9. The minimum Gasteiger partial charge on any atom is -0.480 e. The van der Waals surface area contributed by atoms with Crippen LogP contribution in [0.1, 0.15) is 24.1 Å². The number of anilines is 2. The Labute approximate surface area is 258 Å². The van der Waals surface area contributed by atoms with Gasteiger partial charge in [0, 0.05) is 61.0 Å². The van der Waals surface area contributed by atoms with Crippen molar-refractivity contribution in [3.8, 4) is 28.3 Å². The van der Waals surface area contributed by atoms with E-state index in [1.807, 2.05) is 43.3 Å². The van der Waals surface area contributed by atoms with Gasteiger partial charge >= 0.3 is 0 Å². The Morgan fingerprint density at radius 2 is 1.86 bits per heavy atom. The summed E-state index contributed by atoms with van der Waals surface area (Å²) < 4.78 is 6.86. The van der Waals surface area contributed by atoms with E-state index in [-0.39, 0.29) is 17.5 Å². The third-order valence-corrected chi connectivity index (χ3v) is 8.19. The average Bonchev–Trinajstić information content (AvgIpc) is 3.45. The number of amides is 1. The van der Waals surface area contributed by atoms with Crippen molar-refractivity contribution < 1.29 is 9.53 Å². The molecule has 11 nitrogen and oxygen atoms in total. The van der Waals surface area contributed by atoms with Crippen molar-refractivity contribution in [3.05, 3.63) is 87.7 Å². The van der Waals surface area contributed by atoms with E-state index in [2.05, 4.69) is 31.0 Å². The van der Waals surface area contributed by atoms with Gasteiger partial charge in [-0.25, -0.2) is 14.6 Å². The molecule has 44 heavy (non-hydrogen) atoms. The summed E-state index contributed by atoms with van der Waals surface area (Å²) in [6, 6.07) is 13.5. The first kappa shape index (κ1) is 29.2. The molecular weight excluding hydrogens is 580 g/mol. The molecule has 3 N–H and O–H groups in total. The number of hydrogen-bond donors (Lipinski definition) is 3. The largest absolute Gasteiger partial charge is 0.480 e. The zero-order valence-electron chi connectivity index (χ0n) is 24.5. The van der Waals surface area contributed by atoms with E-state index < -0.39 is 0 Å². The number of benzene rings is 2. The molecule has 1 saturated heterocycles. The van der Waals surface area contributed by atoms with Crippen LogP contribution in [0.3, 0.4) is 0 Å². The van der Waals surface area contributed by atoms with Crippen LogP contribution in [0.15, 0.2) is 65.8 Å². The fourth-order valence-electron chi connectivity index (χ4n) is 5.40. The van der Waals surface area contributed by atoms with Gasteiger partial charge in [-0.05, 0) is 36.6 Å². The molecule has 224 valence electrons. The van der Waals surface area contributed by atoms with Gasteiger partial charge in [-0.15, -0.1) is 0 Å². The minimum absolute atomic E-state index is 0.0857. The zero-order valence-corrected chi connectivity index (χ0v) is 25.3. The number of rotatable bonds is 9. The highest BCUT2D eigenvalue weighted by atomic mass is 35.5. The molecule has 0 aliphatic carbocycles. The number of aromatic nitrogens is 5. The number of pyridine rings is 1. The lowest BCUT2D eigenvalue weighted by molar-refractivity contribution is -0.119. The number of ether oxygens (including phenoxy) is 1. The van der Waals surface area contributed by atoms with E-state index in [1.165, 1.54) is 4.68 Å². The van der Waals surface area contributed by atoms with Crippen molar-refractivity contribution in [1.29, 1.82) is 0 Å². The van der Waals surface area contributed by atoms with E-state index in [0.717, 1.165) is 28.8 Å². The van der Waals surface area contributed by atoms with Gasteiger partial charge in [0.1, 0.15) is 11.5 Å². The fourth-order valence-corrected chi connectivity index (χ4v) is 5.73. The van der Waals surface area contributed by atoms with Crippen LogP contribution in [-0.2, 0) is 18.4 Å². The maximum Gasteiger partial charge on any atom is 0.278 e. The average molecular weight is 611 g/mol. The lowest BCUT2D eigenvalue weighted by Crippen LogP contribution is -2.35. The number of halogens is 1. The van der Waals surface area contributed by atoms with Gasteiger partial charge < -0.3 is 20.7 Å². The highest BCUT2D eigenvalue weighted by molar-refractivity contribution is 6.36. The third kappa shape index (κ3) is 5.71. The molecule has 6 rings (SSSR count). The molecule has 1 aliphatic rings. The van der Waals surface area contributed by atoms with E-state index in [0.29, 0.717) is 64.0 Å². The molecule has 1 atom stereocenters. The SMILES string of the molecule is COc1nc(-c2cccc(-c3cccc(Nc4nccc5cnn(C)c(=O)c45)c3C)c2Cl)cnc1CNC[C@H]1CCC(=O)N1. The van der Waals surface area contributed by atoms with E-state index in [1.54, 1.807) is 38.8 Å². The van der Waals surface area contributed by atoms with Crippen molar-refractivity contribution in [2.75, 3.05) is 19.0 Å². The molecule has 1 fully saturated rings. The molecule has 0 radical (unpaired) electrons. The van der Waals surface area contributed by atoms with Crippen LogP contribution in [-0.4, -0.2) is 50.3 Å². The van der Waals surface area contributed by atoms with Gasteiger partial charge in [-0.2, -0.15) is 5.10 Å². The molecule has 0 bridgehead atoms. The van der Waals surface area contributed by atoms with Crippen molar-refractivity contribution in [1.82, 2.24) is 35.4 Å². The monoisotopic (exact) mass is 610 g/mol. The van der Waals surface area contributed by atoms with Crippen LogP contribution in [0.2, 0.25) is 5.02 Å². The second-order valence-electron chi connectivity index (χ2n) is 10.6. The summed E-state index contributed by atoms with van der Waals surface area (Å²) >= 11 is 7.04. The summed E-state index contributed by atoms with van der Waals surface area (Å²) in [4.78, 5) is 38.1. The fraction of sp³-hybridized carbons (Fsp3) is 0.250. The molecule has 1 aliphatic heterocycles. The number of fused-ring (bicyclic) bond motifs is 1. The first-order valence-electron chi connectivity index (χ1n) is 14.2. The Bertz CT molecular complexity index is 1940. The quantitative estimate of drug-likeness (QED) is 0.220. The summed E-state index contributed by atoms with van der Waals surface area (Å²) in [5.74, 6) is 0.941. The smallest absolute Gasteiger partial charge is 0.278 e. The van der Waals surface area contributed by atoms with Crippen molar-refractivity contribution in [2.24, 2.45) is 7.05 Å². The number of carbonyl (C=O) groups is 1. The highest BCUT2D eigenvalue weighted by Gasteiger charge is 2.21. The van der Waals surface area contributed by atoms with Crippen LogP contribution in [0.25, 0.3) is 33.2 Å². The molecule has 0 saturated carbocycles. The first-order chi connectivity index (χ1) is 21.3. The first-order valence-corrected chi connectivity index (χ1v) is 14.6. The summed E-state index contributed by atoms with van der Waals surface area (Å²) in [6.45, 7) is 3.08. The molecular formula is C32H31ClN8O3. The summed E-state index contributed by atoms with van der Waals surface area (Å²) in [6.07, 6.45) is 6.37. The standard InChI is InChI=1S/C32H31ClN8O3/c1-18-21(6-5-9-24(18)39-30-28-19(12-13-35-30)14-37-41(2)32(28)43)22-7-4-8-23(29(22)33)25-17-36-26(31(40-25)44-3)16-34-15-20-10-11-27(42)38-20/h4-9,12-14,17,20,34H,10-11,15-16H2,1-3H3,(H,35,39)(H,38,42)/t20-/m1/s1. The lowest BCUT2D eigenvalue weighted by atomic mass is 9.96. The number of aryl methyl sites for hydroxylation is 1. The molecule has 1 amide bonds. The van der Waals surface area contributed by atoms with Gasteiger partial charge in [0.2, 0.25) is 11.8 Å². The summed E-state index contributed by atoms with van der Waals surface area (Å²) in [5.41, 5.74) is 5.18. The summed E-state index contributed by atoms with van der Waals surface area (Å²) in [5, 5.41) is 15.4.